The minimum Gasteiger partial charge on any atom is -0.489 e. The van der Waals surface area contributed by atoms with Gasteiger partial charge >= 0.3 is 5.97 Å². The molecule has 0 saturated heterocycles. The summed E-state index contributed by atoms with van der Waals surface area (Å²) in [5.41, 5.74) is 2.33. The van der Waals surface area contributed by atoms with Crippen molar-refractivity contribution in [3.63, 3.8) is 0 Å². The van der Waals surface area contributed by atoms with Crippen molar-refractivity contribution in [2.45, 2.75) is 18.9 Å². The van der Waals surface area contributed by atoms with Crippen LogP contribution in [0.15, 0.2) is 78.0 Å². The number of rotatable bonds is 11. The van der Waals surface area contributed by atoms with Gasteiger partial charge in [0.15, 0.2) is 0 Å². The van der Waals surface area contributed by atoms with Gasteiger partial charge in [0.25, 0.3) is 0 Å². The molecule has 0 bridgehead atoms. The number of benzene rings is 3. The molecule has 0 spiro atoms. The molecule has 0 amide bonds. The van der Waals surface area contributed by atoms with Crippen molar-refractivity contribution in [3.05, 3.63) is 95.3 Å². The average Bonchev–Trinajstić information content (AvgIpc) is 2.85. The first kappa shape index (κ1) is 24.3. The summed E-state index contributed by atoms with van der Waals surface area (Å²) in [7, 11) is 1.45. The molecule has 174 valence electrons. The molecule has 1 N–H and O–H groups in total. The molecule has 34 heavy (non-hydrogen) atoms. The van der Waals surface area contributed by atoms with E-state index in [4.69, 9.17) is 24.7 Å². The van der Waals surface area contributed by atoms with Crippen molar-refractivity contribution < 1.29 is 28.6 Å². The summed E-state index contributed by atoms with van der Waals surface area (Å²) in [4.78, 5) is 15.7. The van der Waals surface area contributed by atoms with Crippen LogP contribution in [0.25, 0.3) is 0 Å². The Morgan fingerprint density at radius 2 is 1.76 bits per heavy atom. The Labute approximate surface area is 196 Å². The number of nitrogens with zero attached hydrogens (tertiary/aromatic N) is 2. The predicted molar refractivity (Wildman–Crippen MR) is 123 cm³/mol. The van der Waals surface area contributed by atoms with E-state index in [1.54, 1.807) is 36.4 Å². The predicted octanol–water partition coefficient (Wildman–Crippen LogP) is 4.92. The number of carboxylic acids is 1. The van der Waals surface area contributed by atoms with E-state index in [0.29, 0.717) is 28.3 Å². The summed E-state index contributed by atoms with van der Waals surface area (Å²) in [6.07, 6.45) is -0.277. The monoisotopic (exact) mass is 462 g/mol. The zero-order valence-corrected chi connectivity index (χ0v) is 18.5. The smallest absolute Gasteiger partial charge is 0.305 e. The van der Waals surface area contributed by atoms with Crippen molar-refractivity contribution in [2.24, 2.45) is 5.16 Å². The minimum absolute atomic E-state index is 0.0112. The molecule has 0 fully saturated rings. The number of ether oxygens (including phenoxy) is 2. The highest BCUT2D eigenvalue weighted by Crippen LogP contribution is 2.23. The van der Waals surface area contributed by atoms with Crippen LogP contribution in [0.3, 0.4) is 0 Å². The van der Waals surface area contributed by atoms with Crippen molar-refractivity contribution in [2.75, 3.05) is 13.7 Å². The third-order valence-corrected chi connectivity index (χ3v) is 4.92. The number of hydrogen-bond acceptors (Lipinski definition) is 6. The Hall–Kier alpha value is -4.38. The molecule has 1 unspecified atom stereocenters. The fraction of sp³-hybridized carbons (Fsp3) is 0.192. The Morgan fingerprint density at radius 1 is 1.06 bits per heavy atom. The highest BCUT2D eigenvalue weighted by molar-refractivity contribution is 6.01. The Bertz CT molecular complexity index is 1170. The van der Waals surface area contributed by atoms with Crippen LogP contribution < -0.4 is 9.47 Å². The van der Waals surface area contributed by atoms with Crippen LogP contribution in [0.2, 0.25) is 0 Å². The van der Waals surface area contributed by atoms with Gasteiger partial charge in [0, 0.05) is 17.2 Å². The number of aliphatic carboxylic acids is 1. The minimum atomic E-state index is -1.04. The molecule has 0 saturated carbocycles. The first-order valence-electron chi connectivity index (χ1n) is 10.4. The molecule has 0 radical (unpaired) electrons. The molecule has 0 heterocycles. The van der Waals surface area contributed by atoms with E-state index in [1.165, 1.54) is 13.2 Å². The molecule has 7 nitrogen and oxygen atoms in total. The van der Waals surface area contributed by atoms with Crippen LogP contribution in [0.1, 0.15) is 29.0 Å². The number of carbonyl (C=O) groups is 1. The van der Waals surface area contributed by atoms with Gasteiger partial charge in [0.1, 0.15) is 43.4 Å². The lowest BCUT2D eigenvalue weighted by molar-refractivity contribution is -0.137. The fourth-order valence-electron chi connectivity index (χ4n) is 3.16. The van der Waals surface area contributed by atoms with E-state index in [2.05, 4.69) is 5.16 Å². The normalized spacial score (nSPS) is 11.9. The molecular formula is C26H23FN2O5. The maximum absolute atomic E-state index is 14.6. The van der Waals surface area contributed by atoms with Gasteiger partial charge in [-0.1, -0.05) is 47.6 Å². The molecule has 3 aromatic rings. The van der Waals surface area contributed by atoms with Gasteiger partial charge in [-0.15, -0.1) is 0 Å². The van der Waals surface area contributed by atoms with E-state index in [-0.39, 0.29) is 19.6 Å². The summed E-state index contributed by atoms with van der Waals surface area (Å²) in [5, 5.41) is 22.0. The van der Waals surface area contributed by atoms with Crippen LogP contribution in [-0.4, -0.2) is 30.5 Å². The second kappa shape index (κ2) is 12.0. The van der Waals surface area contributed by atoms with Gasteiger partial charge in [-0.3, -0.25) is 4.79 Å². The molecular weight excluding hydrogens is 439 g/mol. The lowest BCUT2D eigenvalue weighted by atomic mass is 9.97. The third-order valence-electron chi connectivity index (χ3n) is 4.92. The van der Waals surface area contributed by atoms with E-state index in [9.17, 15) is 9.18 Å². The van der Waals surface area contributed by atoms with Gasteiger partial charge in [0.2, 0.25) is 0 Å². The SMILES string of the molecule is CON=C(COc1ccc(COc2ccc(C(C#N)CC(=O)O)cc2)c(F)c1)c1ccccc1. The summed E-state index contributed by atoms with van der Waals surface area (Å²) in [6.45, 7) is 0.0910. The van der Waals surface area contributed by atoms with Crippen LogP contribution in [-0.2, 0) is 16.2 Å². The molecule has 0 aliphatic carbocycles. The topological polar surface area (TPSA) is 101 Å². The number of oxime groups is 1. The standard InChI is InChI=1S/C26H23FN2O5/c1-32-29-25(19-5-3-2-4-6-19)17-34-23-12-9-20(24(27)14-23)16-33-22-10-7-18(8-11-22)21(15-28)13-26(30)31/h2-12,14,21H,13,16-17H2,1H3,(H,30,31). The quantitative estimate of drug-likeness (QED) is 0.321. The second-order valence-corrected chi connectivity index (χ2v) is 7.27. The Morgan fingerprint density at radius 3 is 2.38 bits per heavy atom. The van der Waals surface area contributed by atoms with Crippen molar-refractivity contribution >= 4 is 11.7 Å². The Balaban J connectivity index is 1.58. The first-order chi connectivity index (χ1) is 16.5. The van der Waals surface area contributed by atoms with Crippen LogP contribution >= 0.6 is 0 Å². The average molecular weight is 462 g/mol. The van der Waals surface area contributed by atoms with E-state index < -0.39 is 17.7 Å². The molecule has 0 aliphatic heterocycles. The van der Waals surface area contributed by atoms with E-state index in [1.807, 2.05) is 36.4 Å². The van der Waals surface area contributed by atoms with Gasteiger partial charge in [0.05, 0.1) is 18.4 Å². The molecule has 1 atom stereocenters. The van der Waals surface area contributed by atoms with Crippen molar-refractivity contribution in [1.82, 2.24) is 0 Å². The van der Waals surface area contributed by atoms with Crippen LogP contribution in [0, 0.1) is 17.1 Å². The van der Waals surface area contributed by atoms with Gasteiger partial charge in [-0.05, 0) is 29.8 Å². The second-order valence-electron chi connectivity index (χ2n) is 7.27. The molecule has 0 aliphatic rings. The zero-order valence-electron chi connectivity index (χ0n) is 18.5. The maximum atomic E-state index is 14.6. The van der Waals surface area contributed by atoms with E-state index in [0.717, 1.165) is 5.56 Å². The highest BCUT2D eigenvalue weighted by Gasteiger charge is 2.15. The lowest BCUT2D eigenvalue weighted by Crippen LogP contribution is -2.13. The van der Waals surface area contributed by atoms with Crippen molar-refractivity contribution in [1.29, 1.82) is 5.26 Å². The maximum Gasteiger partial charge on any atom is 0.305 e. The molecule has 3 aromatic carbocycles. The zero-order chi connectivity index (χ0) is 24.3. The van der Waals surface area contributed by atoms with Gasteiger partial charge in [-0.2, -0.15) is 5.26 Å². The largest absolute Gasteiger partial charge is 0.489 e. The highest BCUT2D eigenvalue weighted by atomic mass is 19.1. The van der Waals surface area contributed by atoms with Crippen LogP contribution in [0.4, 0.5) is 4.39 Å². The van der Waals surface area contributed by atoms with Gasteiger partial charge in [-0.25, -0.2) is 4.39 Å². The number of nitriles is 1. The summed E-state index contributed by atoms with van der Waals surface area (Å²) in [6, 6.07) is 22.4. The van der Waals surface area contributed by atoms with E-state index >= 15 is 0 Å². The number of hydrogen-bond donors (Lipinski definition) is 1. The molecule has 0 aromatic heterocycles. The Kier molecular flexibility index (Phi) is 8.58. The lowest BCUT2D eigenvalue weighted by Gasteiger charge is -2.12. The number of halogens is 1. The summed E-state index contributed by atoms with van der Waals surface area (Å²) < 4.78 is 25.9. The van der Waals surface area contributed by atoms with Gasteiger partial charge < -0.3 is 19.4 Å². The summed E-state index contributed by atoms with van der Waals surface area (Å²) >= 11 is 0. The number of carboxylic acid groups (broad SMARTS) is 1. The summed E-state index contributed by atoms with van der Waals surface area (Å²) in [5.74, 6) is -1.46. The van der Waals surface area contributed by atoms with Crippen LogP contribution in [0.5, 0.6) is 11.5 Å². The first-order valence-corrected chi connectivity index (χ1v) is 10.4. The molecule has 3 rings (SSSR count). The third kappa shape index (κ3) is 6.81. The molecule has 8 heteroatoms. The van der Waals surface area contributed by atoms with Crippen molar-refractivity contribution in [3.8, 4) is 17.6 Å². The fourth-order valence-corrected chi connectivity index (χ4v) is 3.16.